The van der Waals surface area contributed by atoms with Crippen molar-refractivity contribution in [2.45, 2.75) is 70.4 Å². The molecule has 1 saturated heterocycles. The molecule has 0 amide bonds. The molecule has 1 fully saturated rings. The van der Waals surface area contributed by atoms with Crippen molar-refractivity contribution in [2.75, 3.05) is 56.9 Å². The zero-order valence-corrected chi connectivity index (χ0v) is 22.4. The van der Waals surface area contributed by atoms with Crippen LogP contribution >= 0.6 is 0 Å². The van der Waals surface area contributed by atoms with E-state index in [1.807, 2.05) is 12.4 Å². The minimum absolute atomic E-state index is 0.209. The molecule has 4 N–H and O–H groups in total. The Kier molecular flexibility index (Phi) is 10.6. The Morgan fingerprint density at radius 3 is 2.49 bits per heavy atom. The van der Waals surface area contributed by atoms with E-state index in [9.17, 15) is 4.79 Å². The molecule has 9 heteroatoms. The predicted octanol–water partition coefficient (Wildman–Crippen LogP) is 3.53. The molecule has 4 rings (SSSR count). The van der Waals surface area contributed by atoms with E-state index in [2.05, 4.69) is 44.6 Å². The Morgan fingerprint density at radius 2 is 1.68 bits per heavy atom. The van der Waals surface area contributed by atoms with E-state index in [-0.39, 0.29) is 11.8 Å². The second-order valence-electron chi connectivity index (χ2n) is 10.5. The Hall–Kier alpha value is -2.62. The third-order valence-corrected chi connectivity index (χ3v) is 7.42. The topological polar surface area (TPSA) is 112 Å². The zero-order valence-electron chi connectivity index (χ0n) is 22.4. The summed E-state index contributed by atoms with van der Waals surface area (Å²) in [5.41, 5.74) is 9.14. The van der Waals surface area contributed by atoms with Crippen molar-refractivity contribution in [3.05, 3.63) is 30.1 Å². The molecule has 0 radical (unpaired) electrons. The number of nitrogens with zero attached hydrogens (tertiary/aromatic N) is 5. The number of carbonyl (C=O) groups is 1. The summed E-state index contributed by atoms with van der Waals surface area (Å²) in [6.07, 6.45) is 12.4. The van der Waals surface area contributed by atoms with Gasteiger partial charge in [-0.1, -0.05) is 25.3 Å². The molecule has 2 aromatic rings. The van der Waals surface area contributed by atoms with Crippen molar-refractivity contribution in [2.24, 2.45) is 5.73 Å². The van der Waals surface area contributed by atoms with Gasteiger partial charge in [-0.3, -0.25) is 14.7 Å². The van der Waals surface area contributed by atoms with Crippen LogP contribution in [0.2, 0.25) is 0 Å². The van der Waals surface area contributed by atoms with Crippen molar-refractivity contribution in [1.82, 2.24) is 24.8 Å². The first-order valence-electron chi connectivity index (χ1n) is 14.1. The highest BCUT2D eigenvalue weighted by molar-refractivity contribution is 5.83. The number of Topliss-reactive ketones (excluding diaryl/α,β-unsaturated/α-hetero) is 1. The standard InChI is InChI=1S/C28H44N8O/c1-35-15-17-36(18-16-35)21-22-11-12-25(32-19-22)23-20-33-28-31-14-7-4-2-3-5-10-26(37)24(29)9-6-8-13-30-27(23)34-28/h11-12,19-20,24H,2-10,13-18,21,29H2,1H3,(H2,30,31,33,34)/t24-/m0/s1. The predicted molar refractivity (Wildman–Crippen MR) is 150 cm³/mol. The number of hydrogen-bond donors (Lipinski definition) is 3. The summed E-state index contributed by atoms with van der Waals surface area (Å²) in [6, 6.07) is 3.91. The number of hydrogen-bond acceptors (Lipinski definition) is 9. The van der Waals surface area contributed by atoms with Crippen LogP contribution in [0.15, 0.2) is 24.5 Å². The van der Waals surface area contributed by atoms with Crippen LogP contribution in [0.4, 0.5) is 11.8 Å². The first-order valence-corrected chi connectivity index (χ1v) is 14.1. The minimum atomic E-state index is -0.335. The van der Waals surface area contributed by atoms with E-state index in [0.29, 0.717) is 12.4 Å². The van der Waals surface area contributed by atoms with E-state index in [1.165, 1.54) is 5.56 Å². The van der Waals surface area contributed by atoms with Crippen LogP contribution in [0.25, 0.3) is 11.3 Å². The Balaban J connectivity index is 1.42. The van der Waals surface area contributed by atoms with Gasteiger partial charge >= 0.3 is 0 Å². The van der Waals surface area contributed by atoms with Crippen LogP contribution in [-0.4, -0.2) is 82.9 Å². The fourth-order valence-corrected chi connectivity index (χ4v) is 4.93. The van der Waals surface area contributed by atoms with Crippen molar-refractivity contribution >= 4 is 17.5 Å². The highest BCUT2D eigenvalue weighted by Crippen LogP contribution is 2.26. The normalized spacial score (nSPS) is 21.9. The molecule has 2 bridgehead atoms. The number of aromatic nitrogens is 3. The number of nitrogens with one attached hydrogen (secondary N) is 2. The molecular formula is C28H44N8O. The maximum absolute atomic E-state index is 12.3. The lowest BCUT2D eigenvalue weighted by Crippen LogP contribution is -2.43. The fourth-order valence-electron chi connectivity index (χ4n) is 4.93. The summed E-state index contributed by atoms with van der Waals surface area (Å²) < 4.78 is 0. The average molecular weight is 509 g/mol. The van der Waals surface area contributed by atoms with Crippen molar-refractivity contribution < 1.29 is 4.79 Å². The first kappa shape index (κ1) is 27.4. The number of fused-ring (bicyclic) bond motifs is 2. The second kappa shape index (κ2) is 14.4. The molecular weight excluding hydrogens is 464 g/mol. The molecule has 0 spiro atoms. The Morgan fingerprint density at radius 1 is 0.919 bits per heavy atom. The molecule has 2 aromatic heterocycles. The quantitative estimate of drug-likeness (QED) is 0.573. The van der Waals surface area contributed by atoms with Crippen molar-refractivity contribution in [1.29, 1.82) is 0 Å². The van der Waals surface area contributed by atoms with Gasteiger partial charge in [0.2, 0.25) is 5.95 Å². The molecule has 0 unspecified atom stereocenters. The minimum Gasteiger partial charge on any atom is -0.369 e. The summed E-state index contributed by atoms with van der Waals surface area (Å²) in [5.74, 6) is 1.64. The van der Waals surface area contributed by atoms with Gasteiger partial charge in [0.25, 0.3) is 0 Å². The van der Waals surface area contributed by atoms with Crippen LogP contribution in [0.5, 0.6) is 0 Å². The van der Waals surface area contributed by atoms with Gasteiger partial charge in [0.05, 0.1) is 17.3 Å². The lowest BCUT2D eigenvalue weighted by Gasteiger charge is -2.32. The number of pyridine rings is 1. The largest absolute Gasteiger partial charge is 0.369 e. The lowest BCUT2D eigenvalue weighted by atomic mass is 10.0. The number of likely N-dealkylation sites (N-methyl/N-ethyl adjacent to an activating group) is 1. The van der Waals surface area contributed by atoms with Crippen LogP contribution < -0.4 is 16.4 Å². The van der Waals surface area contributed by atoms with Gasteiger partial charge in [-0.25, -0.2) is 4.98 Å². The van der Waals surface area contributed by atoms with E-state index < -0.39 is 0 Å². The van der Waals surface area contributed by atoms with Crippen molar-refractivity contribution in [3.8, 4) is 11.3 Å². The maximum Gasteiger partial charge on any atom is 0.224 e. The lowest BCUT2D eigenvalue weighted by molar-refractivity contribution is -0.120. The van der Waals surface area contributed by atoms with Gasteiger partial charge in [0, 0.05) is 64.6 Å². The smallest absolute Gasteiger partial charge is 0.224 e. The van der Waals surface area contributed by atoms with Crippen LogP contribution in [-0.2, 0) is 11.3 Å². The molecule has 0 aromatic carbocycles. The fraction of sp³-hybridized carbons (Fsp3) is 0.643. The first-order chi connectivity index (χ1) is 18.1. The molecule has 202 valence electrons. The highest BCUT2D eigenvalue weighted by atomic mass is 16.1. The Bertz CT molecular complexity index is 975. The van der Waals surface area contributed by atoms with E-state index >= 15 is 0 Å². The van der Waals surface area contributed by atoms with Gasteiger partial charge in [0.1, 0.15) is 11.6 Å². The molecule has 0 aliphatic carbocycles. The number of anilines is 2. The molecule has 2 aliphatic rings. The van der Waals surface area contributed by atoms with E-state index in [0.717, 1.165) is 114 Å². The van der Waals surface area contributed by atoms with Crippen molar-refractivity contribution in [3.63, 3.8) is 0 Å². The summed E-state index contributed by atoms with van der Waals surface area (Å²) >= 11 is 0. The van der Waals surface area contributed by atoms with E-state index in [4.69, 9.17) is 15.7 Å². The van der Waals surface area contributed by atoms with Gasteiger partial charge in [-0.05, 0) is 50.8 Å². The molecule has 37 heavy (non-hydrogen) atoms. The van der Waals surface area contributed by atoms with Gasteiger partial charge < -0.3 is 21.3 Å². The number of rotatable bonds is 3. The van der Waals surface area contributed by atoms with Crippen LogP contribution in [0, 0.1) is 0 Å². The number of ketones is 1. The summed E-state index contributed by atoms with van der Waals surface area (Å²) in [4.78, 5) is 31.3. The van der Waals surface area contributed by atoms with Crippen LogP contribution in [0.3, 0.4) is 0 Å². The van der Waals surface area contributed by atoms with E-state index in [1.54, 1.807) is 0 Å². The van der Waals surface area contributed by atoms with Gasteiger partial charge in [0.15, 0.2) is 0 Å². The number of carbonyl (C=O) groups excluding carboxylic acids is 1. The average Bonchev–Trinajstić information content (AvgIpc) is 2.91. The van der Waals surface area contributed by atoms with Gasteiger partial charge in [-0.15, -0.1) is 0 Å². The monoisotopic (exact) mass is 508 g/mol. The third kappa shape index (κ3) is 8.72. The highest BCUT2D eigenvalue weighted by Gasteiger charge is 2.16. The molecule has 2 aliphatic heterocycles. The Labute approximate surface area is 221 Å². The summed E-state index contributed by atoms with van der Waals surface area (Å²) in [7, 11) is 2.18. The van der Waals surface area contributed by atoms with Gasteiger partial charge in [-0.2, -0.15) is 4.98 Å². The third-order valence-electron chi connectivity index (χ3n) is 7.42. The molecule has 4 heterocycles. The summed E-state index contributed by atoms with van der Waals surface area (Å²) in [6.45, 7) is 6.92. The summed E-state index contributed by atoms with van der Waals surface area (Å²) in [5, 5.41) is 6.87. The SMILES string of the molecule is CN1CCN(Cc2ccc(-c3cnc4nc3NCCCC[C@H](N)C(=O)CCCCCCCN4)nc2)CC1. The maximum atomic E-state index is 12.3. The molecule has 1 atom stereocenters. The van der Waals surface area contributed by atoms with Crippen LogP contribution in [0.1, 0.15) is 63.4 Å². The second-order valence-corrected chi connectivity index (χ2v) is 10.5. The number of piperazine rings is 1. The molecule has 9 nitrogen and oxygen atoms in total. The number of nitrogens with two attached hydrogens (primary N) is 1. The zero-order chi connectivity index (χ0) is 25.9. The molecule has 0 saturated carbocycles.